The fourth-order valence-electron chi connectivity index (χ4n) is 3.72. The number of aliphatic hydroxyl groups is 1. The van der Waals surface area contributed by atoms with Gasteiger partial charge < -0.3 is 10.4 Å². The molecule has 0 bridgehead atoms. The largest absolute Gasteiger partial charge is 0.391 e. The lowest BCUT2D eigenvalue weighted by Crippen LogP contribution is -2.45. The van der Waals surface area contributed by atoms with Crippen LogP contribution in [0.25, 0.3) is 11.0 Å². The van der Waals surface area contributed by atoms with Crippen molar-refractivity contribution < 1.29 is 9.90 Å². The zero-order chi connectivity index (χ0) is 17.6. The molecule has 2 fully saturated rings. The molecule has 0 radical (unpaired) electrons. The highest BCUT2D eigenvalue weighted by atomic mass is 16.3. The predicted octanol–water partition coefficient (Wildman–Crippen LogP) is 2.92. The van der Waals surface area contributed by atoms with Gasteiger partial charge >= 0.3 is 0 Å². The van der Waals surface area contributed by atoms with E-state index >= 15 is 0 Å². The van der Waals surface area contributed by atoms with Crippen LogP contribution in [0.3, 0.4) is 0 Å². The molecule has 0 aromatic carbocycles. The van der Waals surface area contributed by atoms with Crippen molar-refractivity contribution in [1.29, 1.82) is 0 Å². The molecule has 2 aromatic heterocycles. The Morgan fingerprint density at radius 2 is 2.04 bits per heavy atom. The van der Waals surface area contributed by atoms with Crippen LogP contribution in [0, 0.1) is 0 Å². The lowest BCUT2D eigenvalue weighted by atomic mass is 9.92. The molecule has 6 heteroatoms. The second-order valence-electron chi connectivity index (χ2n) is 7.72. The molecule has 1 amide bonds. The summed E-state index contributed by atoms with van der Waals surface area (Å²) in [6.45, 7) is 4.13. The number of nitrogens with one attached hydrogen (secondary N) is 1. The molecule has 4 rings (SSSR count). The van der Waals surface area contributed by atoms with Crippen LogP contribution in [0.2, 0.25) is 0 Å². The van der Waals surface area contributed by atoms with E-state index in [2.05, 4.69) is 24.3 Å². The van der Waals surface area contributed by atoms with Crippen LogP contribution in [-0.2, 0) is 0 Å². The van der Waals surface area contributed by atoms with Crippen LogP contribution < -0.4 is 5.32 Å². The summed E-state index contributed by atoms with van der Waals surface area (Å²) in [5.74, 6) is 0.343. The van der Waals surface area contributed by atoms with Crippen molar-refractivity contribution in [3.05, 3.63) is 23.5 Å². The van der Waals surface area contributed by atoms with E-state index in [1.54, 1.807) is 6.20 Å². The maximum atomic E-state index is 13.0. The molecule has 2 atom stereocenters. The number of pyridine rings is 1. The van der Waals surface area contributed by atoms with Gasteiger partial charge in [0, 0.05) is 17.7 Å². The minimum Gasteiger partial charge on any atom is -0.391 e. The van der Waals surface area contributed by atoms with Gasteiger partial charge in [-0.2, -0.15) is 5.10 Å². The van der Waals surface area contributed by atoms with Crippen molar-refractivity contribution in [2.24, 2.45) is 0 Å². The SMILES string of the molecule is CC(C)n1ncc2c(C(=O)NC3CCCCC3O)cc(C3CC3)nc21. The number of hydrogen-bond acceptors (Lipinski definition) is 4. The number of fused-ring (bicyclic) bond motifs is 1. The van der Waals surface area contributed by atoms with Crippen molar-refractivity contribution in [2.75, 3.05) is 0 Å². The van der Waals surface area contributed by atoms with Crippen LogP contribution in [0.5, 0.6) is 0 Å². The number of carbonyl (C=O) groups is 1. The Bertz CT molecular complexity index is 794. The van der Waals surface area contributed by atoms with Crippen molar-refractivity contribution in [3.8, 4) is 0 Å². The Morgan fingerprint density at radius 1 is 1.28 bits per heavy atom. The zero-order valence-electron chi connectivity index (χ0n) is 14.9. The number of rotatable bonds is 4. The van der Waals surface area contributed by atoms with Gasteiger partial charge in [-0.05, 0) is 45.6 Å². The maximum Gasteiger partial charge on any atom is 0.252 e. The number of aliphatic hydroxyl groups excluding tert-OH is 1. The molecular formula is C19H26N4O2. The summed E-state index contributed by atoms with van der Waals surface area (Å²) in [7, 11) is 0. The Kier molecular flexibility index (Phi) is 4.23. The van der Waals surface area contributed by atoms with Crippen molar-refractivity contribution in [1.82, 2.24) is 20.1 Å². The predicted molar refractivity (Wildman–Crippen MR) is 95.6 cm³/mol. The number of hydrogen-bond donors (Lipinski definition) is 2. The fraction of sp³-hybridized carbons (Fsp3) is 0.632. The monoisotopic (exact) mass is 342 g/mol. The summed E-state index contributed by atoms with van der Waals surface area (Å²) in [5, 5.41) is 18.5. The maximum absolute atomic E-state index is 13.0. The van der Waals surface area contributed by atoms with Gasteiger partial charge in [-0.1, -0.05) is 12.8 Å². The molecule has 2 heterocycles. The van der Waals surface area contributed by atoms with Gasteiger partial charge in [-0.15, -0.1) is 0 Å². The second kappa shape index (κ2) is 6.41. The first-order valence-electron chi connectivity index (χ1n) is 9.41. The molecule has 6 nitrogen and oxygen atoms in total. The summed E-state index contributed by atoms with van der Waals surface area (Å²) < 4.78 is 1.88. The summed E-state index contributed by atoms with van der Waals surface area (Å²) in [5.41, 5.74) is 2.41. The Labute approximate surface area is 147 Å². The Hall–Kier alpha value is -1.95. The van der Waals surface area contributed by atoms with Gasteiger partial charge in [0.25, 0.3) is 5.91 Å². The quantitative estimate of drug-likeness (QED) is 0.895. The fourth-order valence-corrected chi connectivity index (χ4v) is 3.72. The summed E-state index contributed by atoms with van der Waals surface area (Å²) in [4.78, 5) is 17.8. The first-order valence-corrected chi connectivity index (χ1v) is 9.41. The van der Waals surface area contributed by atoms with Crippen LogP contribution in [0.1, 0.15) is 80.4 Å². The van der Waals surface area contributed by atoms with E-state index in [0.717, 1.165) is 55.3 Å². The Morgan fingerprint density at radius 3 is 2.72 bits per heavy atom. The summed E-state index contributed by atoms with van der Waals surface area (Å²) >= 11 is 0. The highest BCUT2D eigenvalue weighted by Gasteiger charge is 2.30. The highest BCUT2D eigenvalue weighted by Crippen LogP contribution is 2.40. The third-order valence-electron chi connectivity index (χ3n) is 5.36. The van der Waals surface area contributed by atoms with Gasteiger partial charge in [-0.3, -0.25) is 4.79 Å². The molecule has 2 N–H and O–H groups in total. The smallest absolute Gasteiger partial charge is 0.252 e. The number of nitrogens with zero attached hydrogens (tertiary/aromatic N) is 3. The topological polar surface area (TPSA) is 80.0 Å². The molecule has 134 valence electrons. The molecule has 0 aliphatic heterocycles. The van der Waals surface area contributed by atoms with Crippen LogP contribution in [0.15, 0.2) is 12.3 Å². The minimum absolute atomic E-state index is 0.122. The first-order chi connectivity index (χ1) is 12.0. The standard InChI is InChI=1S/C19H26N4O2/c1-11(2)23-18-14(10-20-23)13(9-16(21-18)12-7-8-12)19(25)22-15-5-3-4-6-17(15)24/h9-12,15,17,24H,3-8H2,1-2H3,(H,22,25). The number of amides is 1. The van der Waals surface area contributed by atoms with E-state index in [0.29, 0.717) is 11.5 Å². The molecule has 2 aliphatic rings. The van der Waals surface area contributed by atoms with Crippen LogP contribution in [0.4, 0.5) is 0 Å². The van der Waals surface area contributed by atoms with E-state index in [1.165, 1.54) is 0 Å². The lowest BCUT2D eigenvalue weighted by Gasteiger charge is -2.28. The van der Waals surface area contributed by atoms with E-state index in [9.17, 15) is 9.90 Å². The molecule has 0 saturated heterocycles. The molecule has 2 aliphatic carbocycles. The average molecular weight is 342 g/mol. The van der Waals surface area contributed by atoms with Gasteiger partial charge in [-0.25, -0.2) is 9.67 Å². The lowest BCUT2D eigenvalue weighted by molar-refractivity contribution is 0.0718. The first kappa shape index (κ1) is 16.5. The molecule has 2 saturated carbocycles. The van der Waals surface area contributed by atoms with Gasteiger partial charge in [0.1, 0.15) is 0 Å². The van der Waals surface area contributed by atoms with E-state index in [-0.39, 0.29) is 18.0 Å². The van der Waals surface area contributed by atoms with E-state index in [1.807, 2.05) is 10.7 Å². The molecule has 2 aromatic rings. The van der Waals surface area contributed by atoms with Crippen molar-refractivity contribution in [3.63, 3.8) is 0 Å². The average Bonchev–Trinajstić information content (AvgIpc) is 3.35. The second-order valence-corrected chi connectivity index (χ2v) is 7.72. The minimum atomic E-state index is -0.448. The van der Waals surface area contributed by atoms with Gasteiger partial charge in [0.2, 0.25) is 0 Å². The molecule has 2 unspecified atom stereocenters. The normalized spacial score (nSPS) is 24.0. The van der Waals surface area contributed by atoms with Crippen molar-refractivity contribution >= 4 is 16.9 Å². The van der Waals surface area contributed by atoms with Crippen molar-refractivity contribution in [2.45, 2.75) is 76.5 Å². The number of carbonyl (C=O) groups excluding carboxylic acids is 1. The number of aromatic nitrogens is 3. The molecule has 25 heavy (non-hydrogen) atoms. The molecule has 0 spiro atoms. The third kappa shape index (κ3) is 3.15. The Balaban J connectivity index is 1.71. The van der Waals surface area contributed by atoms with Gasteiger partial charge in [0.15, 0.2) is 5.65 Å². The highest BCUT2D eigenvalue weighted by molar-refractivity contribution is 6.05. The van der Waals surface area contributed by atoms with Gasteiger partial charge in [0.05, 0.1) is 29.3 Å². The molecular weight excluding hydrogens is 316 g/mol. The van der Waals surface area contributed by atoms with Crippen LogP contribution >= 0.6 is 0 Å². The zero-order valence-corrected chi connectivity index (χ0v) is 14.9. The van der Waals surface area contributed by atoms with Crippen LogP contribution in [-0.4, -0.2) is 37.9 Å². The van der Waals surface area contributed by atoms with E-state index in [4.69, 9.17) is 4.98 Å². The van der Waals surface area contributed by atoms with E-state index < -0.39 is 6.10 Å². The third-order valence-corrected chi connectivity index (χ3v) is 5.36. The summed E-state index contributed by atoms with van der Waals surface area (Å²) in [6.07, 6.45) is 7.23. The summed E-state index contributed by atoms with van der Waals surface area (Å²) in [6, 6.07) is 1.96.